The Morgan fingerprint density at radius 3 is 2.46 bits per heavy atom. The summed E-state index contributed by atoms with van der Waals surface area (Å²) in [5, 5.41) is 8.38. The van der Waals surface area contributed by atoms with E-state index >= 15 is 0 Å². The van der Waals surface area contributed by atoms with E-state index in [4.69, 9.17) is 5.10 Å². The summed E-state index contributed by atoms with van der Waals surface area (Å²) in [7, 11) is 0. The van der Waals surface area contributed by atoms with Gasteiger partial charge >= 0.3 is 11.1 Å². The summed E-state index contributed by atoms with van der Waals surface area (Å²) in [6.07, 6.45) is 14.0. The molecule has 2 aliphatic rings. The zero-order valence-electron chi connectivity index (χ0n) is 14.3. The SMILES string of the molecule is O=c1c2cccc[n+]2nc(NC2CCCCC2)n1C1CCCCC1. The van der Waals surface area contributed by atoms with Crippen LogP contribution in [0.25, 0.3) is 5.52 Å². The average Bonchev–Trinajstić information content (AvgIpc) is 2.64. The zero-order chi connectivity index (χ0) is 16.4. The van der Waals surface area contributed by atoms with Crippen LogP contribution in [0.5, 0.6) is 0 Å². The lowest BCUT2D eigenvalue weighted by Crippen LogP contribution is -2.42. The van der Waals surface area contributed by atoms with Gasteiger partial charge in [-0.3, -0.25) is 9.36 Å². The van der Waals surface area contributed by atoms with Gasteiger partial charge in [0.05, 0.1) is 0 Å². The molecule has 2 aliphatic carbocycles. The molecule has 0 radical (unpaired) electrons. The van der Waals surface area contributed by atoms with Gasteiger partial charge in [0.15, 0.2) is 0 Å². The maximum atomic E-state index is 13.2. The van der Waals surface area contributed by atoms with Crippen LogP contribution in [-0.2, 0) is 0 Å². The van der Waals surface area contributed by atoms with Crippen molar-refractivity contribution in [1.29, 1.82) is 0 Å². The number of hydrogen-bond donors (Lipinski definition) is 1. The van der Waals surface area contributed by atoms with Gasteiger partial charge < -0.3 is 5.32 Å². The van der Waals surface area contributed by atoms with Gasteiger partial charge in [0.25, 0.3) is 5.95 Å². The van der Waals surface area contributed by atoms with Crippen molar-refractivity contribution in [2.45, 2.75) is 76.3 Å². The monoisotopic (exact) mass is 327 g/mol. The number of aromatic nitrogens is 3. The van der Waals surface area contributed by atoms with E-state index < -0.39 is 0 Å². The Balaban J connectivity index is 1.77. The second-order valence-corrected chi connectivity index (χ2v) is 7.30. The highest BCUT2D eigenvalue weighted by atomic mass is 16.1. The van der Waals surface area contributed by atoms with Crippen LogP contribution < -0.4 is 15.4 Å². The van der Waals surface area contributed by atoms with Crippen LogP contribution in [0.3, 0.4) is 0 Å². The fourth-order valence-electron chi connectivity index (χ4n) is 4.27. The van der Waals surface area contributed by atoms with Crippen molar-refractivity contribution in [3.63, 3.8) is 0 Å². The van der Waals surface area contributed by atoms with Gasteiger partial charge in [0.1, 0.15) is 0 Å². The summed E-state index contributed by atoms with van der Waals surface area (Å²) >= 11 is 0. The summed E-state index contributed by atoms with van der Waals surface area (Å²) in [6.45, 7) is 0. The summed E-state index contributed by atoms with van der Waals surface area (Å²) < 4.78 is 3.69. The molecule has 0 bridgehead atoms. The number of fused-ring (bicyclic) bond motifs is 1. The Labute approximate surface area is 142 Å². The lowest BCUT2D eigenvalue weighted by atomic mass is 9.94. The number of pyridine rings is 1. The molecule has 2 aromatic rings. The third kappa shape index (κ3) is 3.04. The van der Waals surface area contributed by atoms with Crippen LogP contribution >= 0.6 is 0 Å². The molecule has 0 amide bonds. The molecule has 128 valence electrons. The maximum absolute atomic E-state index is 13.2. The quantitative estimate of drug-likeness (QED) is 0.881. The zero-order valence-corrected chi connectivity index (χ0v) is 14.3. The van der Waals surface area contributed by atoms with Crippen molar-refractivity contribution < 1.29 is 4.52 Å². The molecule has 0 saturated heterocycles. The first-order chi connectivity index (χ1) is 11.8. The normalized spacial score (nSPS) is 20.3. The van der Waals surface area contributed by atoms with Crippen molar-refractivity contribution in [3.05, 3.63) is 34.7 Å². The standard InChI is InChI=1S/C19H26N4O/c24-18-17-13-7-8-14-22(17)21-19(20-15-9-3-1-4-10-15)23(18)16-11-5-2-6-12-16/h7-8,13-16H,1-6,9-12H2/p+1. The minimum atomic E-state index is 0.0933. The van der Waals surface area contributed by atoms with Crippen LogP contribution in [-0.4, -0.2) is 15.7 Å². The third-order valence-corrected chi connectivity index (χ3v) is 5.59. The number of hydrogen-bond acceptors (Lipinski definition) is 3. The topological polar surface area (TPSA) is 51.0 Å². The van der Waals surface area contributed by atoms with Gasteiger partial charge in [0.2, 0.25) is 6.20 Å². The molecule has 24 heavy (non-hydrogen) atoms. The second-order valence-electron chi connectivity index (χ2n) is 7.30. The summed E-state index contributed by atoms with van der Waals surface area (Å²) in [5.74, 6) is 0.766. The molecule has 1 N–H and O–H groups in total. The lowest BCUT2D eigenvalue weighted by molar-refractivity contribution is -0.581. The molecule has 2 aromatic heterocycles. The number of rotatable bonds is 3. The number of nitrogens with zero attached hydrogens (tertiary/aromatic N) is 3. The fraction of sp³-hybridized carbons (Fsp3) is 0.632. The van der Waals surface area contributed by atoms with E-state index in [0.717, 1.165) is 18.8 Å². The predicted octanol–water partition coefficient (Wildman–Crippen LogP) is 3.23. The van der Waals surface area contributed by atoms with E-state index in [-0.39, 0.29) is 11.6 Å². The average molecular weight is 327 g/mol. The van der Waals surface area contributed by atoms with Crippen molar-refractivity contribution in [1.82, 2.24) is 9.67 Å². The Bertz CT molecular complexity index is 758. The van der Waals surface area contributed by atoms with Crippen LogP contribution in [0.2, 0.25) is 0 Å². The van der Waals surface area contributed by atoms with Crippen LogP contribution in [0, 0.1) is 0 Å². The molecule has 5 heteroatoms. The molecule has 5 nitrogen and oxygen atoms in total. The maximum Gasteiger partial charge on any atom is 0.328 e. The number of nitrogens with one attached hydrogen (secondary N) is 1. The Morgan fingerprint density at radius 2 is 1.71 bits per heavy atom. The highest BCUT2D eigenvalue weighted by Gasteiger charge is 2.26. The van der Waals surface area contributed by atoms with Crippen molar-refractivity contribution in [3.8, 4) is 0 Å². The molecule has 0 unspecified atom stereocenters. The van der Waals surface area contributed by atoms with E-state index in [9.17, 15) is 4.79 Å². The minimum Gasteiger partial charge on any atom is -0.348 e. The molecular formula is C19H27N4O+. The summed E-state index contributed by atoms with van der Waals surface area (Å²) in [5.41, 5.74) is 0.757. The van der Waals surface area contributed by atoms with E-state index in [1.165, 1.54) is 51.4 Å². The molecular weight excluding hydrogens is 300 g/mol. The van der Waals surface area contributed by atoms with E-state index in [1.54, 1.807) is 4.52 Å². The molecule has 4 rings (SSSR count). The molecule has 0 spiro atoms. The van der Waals surface area contributed by atoms with Crippen LogP contribution in [0.4, 0.5) is 5.95 Å². The second kappa shape index (κ2) is 6.91. The molecule has 0 aliphatic heterocycles. The van der Waals surface area contributed by atoms with Gasteiger partial charge in [-0.15, -0.1) is 0 Å². The smallest absolute Gasteiger partial charge is 0.328 e. The number of anilines is 1. The first kappa shape index (κ1) is 15.6. The van der Waals surface area contributed by atoms with Gasteiger partial charge in [-0.2, -0.15) is 0 Å². The largest absolute Gasteiger partial charge is 0.348 e. The van der Waals surface area contributed by atoms with Crippen molar-refractivity contribution in [2.75, 3.05) is 5.32 Å². The van der Waals surface area contributed by atoms with Gasteiger partial charge in [-0.25, -0.2) is 0 Å². The minimum absolute atomic E-state index is 0.0933. The molecule has 2 saturated carbocycles. The summed E-state index contributed by atoms with van der Waals surface area (Å²) in [6, 6.07) is 6.45. The predicted molar refractivity (Wildman–Crippen MR) is 94.3 cm³/mol. The van der Waals surface area contributed by atoms with Gasteiger partial charge in [-0.05, 0) is 36.3 Å². The van der Waals surface area contributed by atoms with Gasteiger partial charge in [-0.1, -0.05) is 38.5 Å². The Kier molecular flexibility index (Phi) is 4.50. The Hall–Kier alpha value is -1.91. The highest BCUT2D eigenvalue weighted by molar-refractivity contribution is 5.39. The van der Waals surface area contributed by atoms with Gasteiger partial charge in [0, 0.05) is 29.3 Å². The Morgan fingerprint density at radius 1 is 1.00 bits per heavy atom. The highest BCUT2D eigenvalue weighted by Crippen LogP contribution is 2.29. The van der Waals surface area contributed by atoms with Crippen LogP contribution in [0.15, 0.2) is 29.2 Å². The lowest BCUT2D eigenvalue weighted by Gasteiger charge is -2.28. The van der Waals surface area contributed by atoms with E-state index in [2.05, 4.69) is 5.32 Å². The molecule has 2 fully saturated rings. The first-order valence-electron chi connectivity index (χ1n) is 9.53. The van der Waals surface area contributed by atoms with Crippen LogP contribution in [0.1, 0.15) is 70.3 Å². The van der Waals surface area contributed by atoms with Crippen molar-refractivity contribution >= 4 is 11.5 Å². The molecule has 0 aromatic carbocycles. The fourth-order valence-corrected chi connectivity index (χ4v) is 4.27. The van der Waals surface area contributed by atoms with E-state index in [1.807, 2.05) is 29.0 Å². The summed E-state index contributed by atoms with van der Waals surface area (Å²) in [4.78, 5) is 13.2. The van der Waals surface area contributed by atoms with Crippen molar-refractivity contribution in [2.24, 2.45) is 0 Å². The molecule has 2 heterocycles. The first-order valence-corrected chi connectivity index (χ1v) is 9.53. The third-order valence-electron chi connectivity index (χ3n) is 5.59. The molecule has 0 atom stereocenters. The van der Waals surface area contributed by atoms with E-state index in [0.29, 0.717) is 11.6 Å².